The Morgan fingerprint density at radius 3 is 2.55 bits per heavy atom. The average molecular weight is 302 g/mol. The standard InChI is InChI=1S/C16H18N2O4/c1-22-16(21)14(9-11-5-3-2-4-6-11)18-15(20)13-8-7-12(10-19)17-13/h2-8,14,17,19H,9-10H2,1H3,(H,18,20)/t14-/m0/s1. The molecular formula is C16H18N2O4. The molecule has 116 valence electrons. The molecule has 0 aliphatic heterocycles. The number of hydrogen-bond acceptors (Lipinski definition) is 4. The van der Waals surface area contributed by atoms with Crippen LogP contribution < -0.4 is 5.32 Å². The molecule has 2 rings (SSSR count). The van der Waals surface area contributed by atoms with Gasteiger partial charge in [-0.05, 0) is 17.7 Å². The summed E-state index contributed by atoms with van der Waals surface area (Å²) in [6, 6.07) is 11.7. The highest BCUT2D eigenvalue weighted by Gasteiger charge is 2.23. The Bertz CT molecular complexity index is 637. The summed E-state index contributed by atoms with van der Waals surface area (Å²) in [4.78, 5) is 26.8. The van der Waals surface area contributed by atoms with E-state index in [1.165, 1.54) is 7.11 Å². The third-order valence-corrected chi connectivity index (χ3v) is 3.24. The zero-order valence-corrected chi connectivity index (χ0v) is 12.2. The molecule has 1 heterocycles. The Balaban J connectivity index is 2.09. The second kappa shape index (κ2) is 7.42. The summed E-state index contributed by atoms with van der Waals surface area (Å²) in [6.07, 6.45) is 0.340. The molecule has 0 bridgehead atoms. The summed E-state index contributed by atoms with van der Waals surface area (Å²) >= 11 is 0. The van der Waals surface area contributed by atoms with E-state index in [0.29, 0.717) is 12.1 Å². The summed E-state index contributed by atoms with van der Waals surface area (Å²) in [7, 11) is 1.28. The van der Waals surface area contributed by atoms with E-state index in [2.05, 4.69) is 10.3 Å². The fourth-order valence-electron chi connectivity index (χ4n) is 2.09. The van der Waals surface area contributed by atoms with Crippen LogP contribution in [0.3, 0.4) is 0 Å². The lowest BCUT2D eigenvalue weighted by Crippen LogP contribution is -2.43. The predicted molar refractivity (Wildman–Crippen MR) is 80.1 cm³/mol. The summed E-state index contributed by atoms with van der Waals surface area (Å²) in [5.74, 6) is -0.933. The van der Waals surface area contributed by atoms with Crippen LogP contribution in [0.25, 0.3) is 0 Å². The Morgan fingerprint density at radius 1 is 1.23 bits per heavy atom. The fourth-order valence-corrected chi connectivity index (χ4v) is 2.09. The minimum atomic E-state index is -0.777. The van der Waals surface area contributed by atoms with Gasteiger partial charge in [0.15, 0.2) is 0 Å². The van der Waals surface area contributed by atoms with E-state index in [4.69, 9.17) is 9.84 Å². The van der Waals surface area contributed by atoms with Crippen LogP contribution in [0.5, 0.6) is 0 Å². The normalized spacial score (nSPS) is 11.7. The highest BCUT2D eigenvalue weighted by atomic mass is 16.5. The summed E-state index contributed by atoms with van der Waals surface area (Å²) in [5.41, 5.74) is 1.73. The van der Waals surface area contributed by atoms with E-state index >= 15 is 0 Å². The van der Waals surface area contributed by atoms with Gasteiger partial charge in [-0.1, -0.05) is 30.3 Å². The first-order valence-electron chi connectivity index (χ1n) is 6.85. The first kappa shape index (κ1) is 15.8. The molecule has 0 aliphatic rings. The molecule has 0 fully saturated rings. The van der Waals surface area contributed by atoms with E-state index in [1.807, 2.05) is 30.3 Å². The number of ether oxygens (including phenoxy) is 1. The van der Waals surface area contributed by atoms with Gasteiger partial charge in [0.2, 0.25) is 0 Å². The Labute approximate surface area is 128 Å². The van der Waals surface area contributed by atoms with Crippen molar-refractivity contribution in [2.75, 3.05) is 7.11 Å². The molecule has 3 N–H and O–H groups in total. The molecule has 0 radical (unpaired) electrons. The van der Waals surface area contributed by atoms with E-state index in [0.717, 1.165) is 5.56 Å². The van der Waals surface area contributed by atoms with Crippen molar-refractivity contribution in [1.82, 2.24) is 10.3 Å². The van der Waals surface area contributed by atoms with Crippen LogP contribution in [0.1, 0.15) is 21.7 Å². The molecule has 0 saturated carbocycles. The monoisotopic (exact) mass is 302 g/mol. The summed E-state index contributed by atoms with van der Waals surface area (Å²) in [6.45, 7) is -0.183. The van der Waals surface area contributed by atoms with Crippen molar-refractivity contribution >= 4 is 11.9 Å². The van der Waals surface area contributed by atoms with Crippen molar-refractivity contribution < 1.29 is 19.4 Å². The fraction of sp³-hybridized carbons (Fsp3) is 0.250. The van der Waals surface area contributed by atoms with Gasteiger partial charge >= 0.3 is 5.97 Å². The number of aliphatic hydroxyl groups is 1. The number of esters is 1. The van der Waals surface area contributed by atoms with Crippen molar-refractivity contribution in [2.24, 2.45) is 0 Å². The van der Waals surface area contributed by atoms with Crippen molar-refractivity contribution in [3.8, 4) is 0 Å². The van der Waals surface area contributed by atoms with Crippen LogP contribution in [0.2, 0.25) is 0 Å². The van der Waals surface area contributed by atoms with E-state index in [1.54, 1.807) is 12.1 Å². The molecular weight excluding hydrogens is 284 g/mol. The maximum atomic E-state index is 12.2. The number of aromatic nitrogens is 1. The molecule has 0 aliphatic carbocycles. The van der Waals surface area contributed by atoms with Crippen LogP contribution in [0.4, 0.5) is 0 Å². The Hall–Kier alpha value is -2.60. The quantitative estimate of drug-likeness (QED) is 0.695. The van der Waals surface area contributed by atoms with Gasteiger partial charge in [0, 0.05) is 12.1 Å². The molecule has 1 aromatic heterocycles. The zero-order chi connectivity index (χ0) is 15.9. The second-order valence-electron chi connectivity index (χ2n) is 4.79. The van der Waals surface area contributed by atoms with Crippen molar-refractivity contribution in [3.05, 3.63) is 59.4 Å². The van der Waals surface area contributed by atoms with Gasteiger partial charge in [-0.2, -0.15) is 0 Å². The number of amides is 1. The van der Waals surface area contributed by atoms with Crippen molar-refractivity contribution in [1.29, 1.82) is 0 Å². The first-order chi connectivity index (χ1) is 10.6. The Morgan fingerprint density at radius 2 is 1.95 bits per heavy atom. The highest BCUT2D eigenvalue weighted by molar-refractivity contribution is 5.95. The lowest BCUT2D eigenvalue weighted by Gasteiger charge is -2.16. The second-order valence-corrected chi connectivity index (χ2v) is 4.79. The van der Waals surface area contributed by atoms with Crippen LogP contribution in [0.15, 0.2) is 42.5 Å². The van der Waals surface area contributed by atoms with Gasteiger partial charge in [0.25, 0.3) is 5.91 Å². The van der Waals surface area contributed by atoms with Crippen LogP contribution in [0, 0.1) is 0 Å². The van der Waals surface area contributed by atoms with Gasteiger partial charge in [0.1, 0.15) is 11.7 Å². The predicted octanol–water partition coefficient (Wildman–Crippen LogP) is 1.02. The number of benzene rings is 1. The SMILES string of the molecule is COC(=O)[C@H](Cc1ccccc1)NC(=O)c1ccc(CO)[nH]1. The lowest BCUT2D eigenvalue weighted by atomic mass is 10.1. The molecule has 2 aromatic rings. The van der Waals surface area contributed by atoms with Gasteiger partial charge in [-0.3, -0.25) is 4.79 Å². The molecule has 6 nitrogen and oxygen atoms in total. The number of nitrogens with one attached hydrogen (secondary N) is 2. The van der Waals surface area contributed by atoms with Gasteiger partial charge in [-0.25, -0.2) is 4.79 Å². The van der Waals surface area contributed by atoms with Crippen molar-refractivity contribution in [3.63, 3.8) is 0 Å². The summed E-state index contributed by atoms with van der Waals surface area (Å²) < 4.78 is 4.74. The zero-order valence-electron chi connectivity index (χ0n) is 12.2. The number of carbonyl (C=O) groups excluding carboxylic acids is 2. The topological polar surface area (TPSA) is 91.4 Å². The molecule has 1 aromatic carbocycles. The smallest absolute Gasteiger partial charge is 0.328 e. The molecule has 0 unspecified atom stereocenters. The third-order valence-electron chi connectivity index (χ3n) is 3.24. The molecule has 22 heavy (non-hydrogen) atoms. The van der Waals surface area contributed by atoms with E-state index < -0.39 is 17.9 Å². The first-order valence-corrected chi connectivity index (χ1v) is 6.85. The minimum absolute atomic E-state index is 0.183. The maximum absolute atomic E-state index is 12.2. The largest absolute Gasteiger partial charge is 0.467 e. The number of hydrogen-bond donors (Lipinski definition) is 3. The van der Waals surface area contributed by atoms with Crippen LogP contribution in [-0.2, 0) is 22.6 Å². The number of aromatic amines is 1. The van der Waals surface area contributed by atoms with E-state index in [9.17, 15) is 9.59 Å². The molecule has 0 spiro atoms. The van der Waals surface area contributed by atoms with Crippen molar-refractivity contribution in [2.45, 2.75) is 19.1 Å². The molecule has 1 atom stereocenters. The number of aliphatic hydroxyl groups excluding tert-OH is 1. The molecule has 1 amide bonds. The maximum Gasteiger partial charge on any atom is 0.328 e. The van der Waals surface area contributed by atoms with Crippen LogP contribution >= 0.6 is 0 Å². The number of methoxy groups -OCH3 is 1. The van der Waals surface area contributed by atoms with Gasteiger partial charge < -0.3 is 20.1 Å². The van der Waals surface area contributed by atoms with Gasteiger partial charge in [0.05, 0.1) is 13.7 Å². The van der Waals surface area contributed by atoms with Crippen LogP contribution in [-0.4, -0.2) is 35.1 Å². The number of H-pyrrole nitrogens is 1. The summed E-state index contributed by atoms with van der Waals surface area (Å²) in [5, 5.41) is 11.6. The number of carbonyl (C=O) groups is 2. The third kappa shape index (κ3) is 3.95. The number of rotatable bonds is 6. The Kier molecular flexibility index (Phi) is 5.32. The average Bonchev–Trinajstić information content (AvgIpc) is 3.03. The lowest BCUT2D eigenvalue weighted by molar-refractivity contribution is -0.142. The van der Waals surface area contributed by atoms with Gasteiger partial charge in [-0.15, -0.1) is 0 Å². The minimum Gasteiger partial charge on any atom is -0.467 e. The molecule has 0 saturated heterocycles. The molecule has 6 heteroatoms. The van der Waals surface area contributed by atoms with E-state index in [-0.39, 0.29) is 12.3 Å². The highest BCUT2D eigenvalue weighted by Crippen LogP contribution is 2.07.